The Bertz CT molecular complexity index is 552. The summed E-state index contributed by atoms with van der Waals surface area (Å²) in [7, 11) is 0. The summed E-state index contributed by atoms with van der Waals surface area (Å²) in [5.41, 5.74) is 1.38. The molecule has 0 bridgehead atoms. The number of nitrogens with zero attached hydrogens (tertiary/aromatic N) is 3. The highest BCUT2D eigenvalue weighted by atomic mass is 32.1. The molecule has 1 saturated carbocycles. The van der Waals surface area contributed by atoms with E-state index in [4.69, 9.17) is 0 Å². The van der Waals surface area contributed by atoms with Crippen molar-refractivity contribution < 1.29 is 0 Å². The van der Waals surface area contributed by atoms with Crippen LogP contribution in [0, 0.1) is 0 Å². The topological polar surface area (TPSA) is 42.2 Å². The largest absolute Gasteiger partial charge is 0.309 e. The van der Waals surface area contributed by atoms with Gasteiger partial charge in [0.1, 0.15) is 0 Å². The summed E-state index contributed by atoms with van der Waals surface area (Å²) in [4.78, 5) is 7.15. The van der Waals surface area contributed by atoms with E-state index in [1.165, 1.54) is 23.4 Å². The van der Waals surface area contributed by atoms with Crippen molar-refractivity contribution in [1.29, 1.82) is 0 Å². The van der Waals surface area contributed by atoms with Gasteiger partial charge in [-0.2, -0.15) is 5.10 Å². The van der Waals surface area contributed by atoms with Crippen LogP contribution in [0.1, 0.15) is 42.1 Å². The van der Waals surface area contributed by atoms with Gasteiger partial charge in [0.15, 0.2) is 5.82 Å². The average molecular weight is 234 g/mol. The molecule has 1 fully saturated rings. The minimum absolute atomic E-state index is 0.555. The third-order valence-corrected chi connectivity index (χ3v) is 4.51. The van der Waals surface area contributed by atoms with Crippen LogP contribution in [0.5, 0.6) is 0 Å². The monoisotopic (exact) mass is 234 g/mol. The Kier molecular flexibility index (Phi) is 1.74. The summed E-state index contributed by atoms with van der Waals surface area (Å²) in [5, 5.41) is 8.15. The third-order valence-electron chi connectivity index (χ3n) is 3.44. The van der Waals surface area contributed by atoms with Crippen molar-refractivity contribution in [2.45, 2.75) is 44.7 Å². The van der Waals surface area contributed by atoms with Gasteiger partial charge in [0.25, 0.3) is 0 Å². The Labute approximate surface area is 97.7 Å². The zero-order valence-corrected chi connectivity index (χ0v) is 10.0. The molecule has 0 saturated heterocycles. The van der Waals surface area contributed by atoms with Crippen LogP contribution in [0.15, 0.2) is 0 Å². The summed E-state index contributed by atoms with van der Waals surface area (Å²) in [5.74, 6) is 1.72. The molecule has 2 aromatic heterocycles. The molecule has 3 heterocycles. The van der Waals surface area contributed by atoms with Gasteiger partial charge in [0, 0.05) is 29.8 Å². The van der Waals surface area contributed by atoms with E-state index in [2.05, 4.69) is 26.8 Å². The lowest BCUT2D eigenvalue weighted by Gasteiger charge is -2.19. The Morgan fingerprint density at radius 3 is 3.12 bits per heavy atom. The first-order valence-corrected chi connectivity index (χ1v) is 6.73. The predicted molar refractivity (Wildman–Crippen MR) is 62.8 cm³/mol. The summed E-state index contributed by atoms with van der Waals surface area (Å²) in [6.07, 6.45) is 3.62. The lowest BCUT2D eigenvalue weighted by Crippen LogP contribution is -2.32. The molecular formula is C11H14N4S. The first kappa shape index (κ1) is 9.13. The molecule has 0 amide bonds. The van der Waals surface area contributed by atoms with Crippen LogP contribution < -0.4 is 5.32 Å². The molecule has 1 aliphatic heterocycles. The molecule has 1 N–H and O–H groups in total. The van der Waals surface area contributed by atoms with E-state index in [1.54, 1.807) is 11.3 Å². The summed E-state index contributed by atoms with van der Waals surface area (Å²) >= 11 is 1.79. The van der Waals surface area contributed by atoms with Crippen LogP contribution in [0.3, 0.4) is 0 Å². The number of aromatic nitrogens is 3. The second-order valence-electron chi connectivity index (χ2n) is 4.90. The summed E-state index contributed by atoms with van der Waals surface area (Å²) in [6.45, 7) is 3.20. The van der Waals surface area contributed by atoms with E-state index in [0.717, 1.165) is 23.8 Å². The maximum Gasteiger partial charge on any atom is 0.212 e. The average Bonchev–Trinajstić information content (AvgIpc) is 2.95. The molecule has 5 heteroatoms. The fourth-order valence-electron chi connectivity index (χ4n) is 2.32. The minimum atomic E-state index is 0.555. The molecule has 0 aromatic carbocycles. The number of fused-ring (bicyclic) bond motifs is 3. The molecule has 0 spiro atoms. The Hall–Kier alpha value is -0.940. The molecule has 84 valence electrons. The van der Waals surface area contributed by atoms with Crippen molar-refractivity contribution in [3.8, 4) is 0 Å². The smallest absolute Gasteiger partial charge is 0.212 e. The Morgan fingerprint density at radius 1 is 1.44 bits per heavy atom. The van der Waals surface area contributed by atoms with Crippen LogP contribution in [0.25, 0.3) is 4.96 Å². The second kappa shape index (κ2) is 3.05. The van der Waals surface area contributed by atoms with Crippen LogP contribution in [0.4, 0.5) is 0 Å². The number of rotatable bonds is 1. The quantitative estimate of drug-likeness (QED) is 0.816. The van der Waals surface area contributed by atoms with Gasteiger partial charge in [0.05, 0.1) is 5.69 Å². The molecule has 2 aromatic rings. The highest BCUT2D eigenvalue weighted by molar-refractivity contribution is 7.17. The molecule has 2 aliphatic rings. The van der Waals surface area contributed by atoms with Gasteiger partial charge in [-0.1, -0.05) is 11.3 Å². The normalized spacial score (nSPS) is 24.9. The van der Waals surface area contributed by atoms with Gasteiger partial charge >= 0.3 is 0 Å². The second-order valence-corrected chi connectivity index (χ2v) is 5.96. The molecule has 16 heavy (non-hydrogen) atoms. The molecule has 0 radical (unpaired) electrons. The van der Waals surface area contributed by atoms with Gasteiger partial charge in [-0.25, -0.2) is 9.50 Å². The fraction of sp³-hybridized carbons (Fsp3) is 0.636. The maximum atomic E-state index is 4.67. The first-order valence-electron chi connectivity index (χ1n) is 5.92. The molecule has 4 rings (SSSR count). The number of thiazole rings is 1. The zero-order valence-electron chi connectivity index (χ0n) is 9.23. The van der Waals surface area contributed by atoms with Gasteiger partial charge in [-0.05, 0) is 19.8 Å². The number of nitrogens with one attached hydrogen (secondary N) is 1. The van der Waals surface area contributed by atoms with E-state index < -0.39 is 0 Å². The Balaban J connectivity index is 1.87. The van der Waals surface area contributed by atoms with E-state index >= 15 is 0 Å². The maximum absolute atomic E-state index is 4.67. The van der Waals surface area contributed by atoms with Crippen LogP contribution in [-0.2, 0) is 13.0 Å². The minimum Gasteiger partial charge on any atom is -0.309 e. The Morgan fingerprint density at radius 2 is 2.31 bits per heavy atom. The summed E-state index contributed by atoms with van der Waals surface area (Å²) < 4.78 is 2.09. The first-order chi connectivity index (χ1) is 7.81. The van der Waals surface area contributed by atoms with E-state index in [-0.39, 0.29) is 0 Å². The number of hydrogen-bond acceptors (Lipinski definition) is 4. The van der Waals surface area contributed by atoms with Crippen molar-refractivity contribution >= 4 is 16.3 Å². The molecule has 1 atom stereocenters. The summed E-state index contributed by atoms with van der Waals surface area (Å²) in [6, 6.07) is 0.555. The van der Waals surface area contributed by atoms with E-state index in [1.807, 2.05) is 0 Å². The molecular weight excluding hydrogens is 220 g/mol. The number of hydrogen-bond donors (Lipinski definition) is 1. The van der Waals surface area contributed by atoms with Gasteiger partial charge in [-0.3, -0.25) is 0 Å². The van der Waals surface area contributed by atoms with E-state index in [0.29, 0.717) is 12.0 Å². The lowest BCUT2D eigenvalue weighted by atomic mass is 10.1. The van der Waals surface area contributed by atoms with Crippen molar-refractivity contribution in [2.24, 2.45) is 0 Å². The zero-order chi connectivity index (χ0) is 10.7. The van der Waals surface area contributed by atoms with Gasteiger partial charge in [-0.15, -0.1) is 0 Å². The van der Waals surface area contributed by atoms with E-state index in [9.17, 15) is 0 Å². The van der Waals surface area contributed by atoms with Crippen molar-refractivity contribution in [3.63, 3.8) is 0 Å². The molecule has 1 unspecified atom stereocenters. The third kappa shape index (κ3) is 1.25. The van der Waals surface area contributed by atoms with Crippen LogP contribution in [-0.4, -0.2) is 20.6 Å². The van der Waals surface area contributed by atoms with Gasteiger partial charge < -0.3 is 5.32 Å². The standard InChI is InChI=1S/C11H14N4S/c1-6-4-8-9(5-12-6)16-11-13-10(7-2-3-7)14-15(8)11/h6-7,12H,2-5H2,1H3. The predicted octanol–water partition coefficient (Wildman–Crippen LogP) is 1.70. The highest BCUT2D eigenvalue weighted by Gasteiger charge is 2.30. The van der Waals surface area contributed by atoms with Crippen molar-refractivity contribution in [1.82, 2.24) is 19.9 Å². The van der Waals surface area contributed by atoms with Crippen LogP contribution >= 0.6 is 11.3 Å². The fourth-order valence-corrected chi connectivity index (χ4v) is 3.36. The van der Waals surface area contributed by atoms with Crippen molar-refractivity contribution in [2.75, 3.05) is 0 Å². The van der Waals surface area contributed by atoms with Gasteiger partial charge in [0.2, 0.25) is 4.96 Å². The SMILES string of the molecule is CC1Cc2c(sc3nc(C4CC4)nn23)CN1. The molecule has 4 nitrogen and oxygen atoms in total. The highest BCUT2D eigenvalue weighted by Crippen LogP contribution is 2.39. The van der Waals surface area contributed by atoms with Crippen molar-refractivity contribution in [3.05, 3.63) is 16.4 Å². The lowest BCUT2D eigenvalue weighted by molar-refractivity contribution is 0.505. The van der Waals surface area contributed by atoms with Crippen LogP contribution in [0.2, 0.25) is 0 Å². The molecule has 1 aliphatic carbocycles.